The maximum Gasteiger partial charge on any atom is 0.0989 e. The van der Waals surface area contributed by atoms with Gasteiger partial charge in [-0.1, -0.05) is 25.7 Å². The van der Waals surface area contributed by atoms with Gasteiger partial charge in [-0.05, 0) is 26.7 Å². The van der Waals surface area contributed by atoms with Crippen LogP contribution in [0.2, 0.25) is 0 Å². The molecule has 14 heavy (non-hydrogen) atoms. The first-order valence-electron chi connectivity index (χ1n) is 6.13. The van der Waals surface area contributed by atoms with E-state index < -0.39 is 0 Å². The number of rotatable bonds is 3. The molecule has 0 aromatic rings. The molecule has 82 valence electrons. The van der Waals surface area contributed by atoms with Crippen LogP contribution in [0.5, 0.6) is 0 Å². The van der Waals surface area contributed by atoms with E-state index in [2.05, 4.69) is 18.7 Å². The third kappa shape index (κ3) is 3.00. The summed E-state index contributed by atoms with van der Waals surface area (Å²) in [6.07, 6.45) is 7.90. The van der Waals surface area contributed by atoms with Crippen LogP contribution in [-0.4, -0.2) is 23.8 Å². The lowest BCUT2D eigenvalue weighted by Crippen LogP contribution is -2.35. The molecule has 0 aromatic carbocycles. The molecule has 2 nitrogen and oxygen atoms in total. The Morgan fingerprint density at radius 2 is 1.57 bits per heavy atom. The fraction of sp³-hybridized carbons (Fsp3) is 0.917. The molecule has 0 radical (unpaired) electrons. The molecule has 0 amide bonds. The summed E-state index contributed by atoms with van der Waals surface area (Å²) in [5.41, 5.74) is 0. The monoisotopic (exact) mass is 196 g/mol. The predicted octanol–water partition coefficient (Wildman–Crippen LogP) is 3.28. The second kappa shape index (κ2) is 6.05. The van der Waals surface area contributed by atoms with Gasteiger partial charge < -0.3 is 4.90 Å². The Labute approximate surface area is 88.2 Å². The average Bonchev–Trinajstić information content (AvgIpc) is 2.47. The van der Waals surface area contributed by atoms with Crippen LogP contribution in [0.25, 0.3) is 0 Å². The van der Waals surface area contributed by atoms with Gasteiger partial charge in [0.15, 0.2) is 0 Å². The van der Waals surface area contributed by atoms with Crippen LogP contribution >= 0.6 is 0 Å². The van der Waals surface area contributed by atoms with Crippen molar-refractivity contribution in [3.8, 4) is 0 Å². The van der Waals surface area contributed by atoms with Gasteiger partial charge in [0.1, 0.15) is 0 Å². The first kappa shape index (κ1) is 11.5. The molecule has 0 heterocycles. The van der Waals surface area contributed by atoms with E-state index in [9.17, 15) is 0 Å². The van der Waals surface area contributed by atoms with Crippen LogP contribution in [0.1, 0.15) is 52.4 Å². The summed E-state index contributed by atoms with van der Waals surface area (Å²) in [6.45, 7) is 6.28. The predicted molar refractivity (Wildman–Crippen MR) is 61.8 cm³/mol. The van der Waals surface area contributed by atoms with Crippen LogP contribution in [0.4, 0.5) is 0 Å². The summed E-state index contributed by atoms with van der Waals surface area (Å²) in [5, 5.41) is 8.16. The lowest BCUT2D eigenvalue weighted by molar-refractivity contribution is 0.412. The minimum absolute atomic E-state index is 0.553. The number of nitrogens with zero attached hydrogens (tertiary/aromatic N) is 1. The van der Waals surface area contributed by atoms with Gasteiger partial charge in [0.05, 0.1) is 5.84 Å². The third-order valence-electron chi connectivity index (χ3n) is 3.35. The lowest BCUT2D eigenvalue weighted by Gasteiger charge is -2.27. The van der Waals surface area contributed by atoms with Gasteiger partial charge in [0.2, 0.25) is 0 Å². The van der Waals surface area contributed by atoms with Crippen molar-refractivity contribution in [1.29, 1.82) is 5.41 Å². The van der Waals surface area contributed by atoms with Crippen molar-refractivity contribution in [2.75, 3.05) is 13.1 Å². The van der Waals surface area contributed by atoms with E-state index in [1.165, 1.54) is 38.5 Å². The van der Waals surface area contributed by atoms with Crippen molar-refractivity contribution in [1.82, 2.24) is 4.90 Å². The zero-order valence-corrected chi connectivity index (χ0v) is 9.68. The highest BCUT2D eigenvalue weighted by molar-refractivity contribution is 5.81. The normalized spacial score (nSPS) is 19.0. The highest BCUT2D eigenvalue weighted by Crippen LogP contribution is 2.24. The molecule has 0 spiro atoms. The zero-order chi connectivity index (χ0) is 10.4. The molecule has 0 atom stereocenters. The maximum absolute atomic E-state index is 8.16. The molecule has 1 aliphatic carbocycles. The molecule has 1 rings (SSSR count). The van der Waals surface area contributed by atoms with Crippen LogP contribution in [0.15, 0.2) is 0 Å². The van der Waals surface area contributed by atoms with Crippen LogP contribution < -0.4 is 0 Å². The van der Waals surface area contributed by atoms with E-state index in [0.29, 0.717) is 5.92 Å². The molecule has 2 heteroatoms. The minimum Gasteiger partial charge on any atom is -0.361 e. The largest absolute Gasteiger partial charge is 0.361 e. The number of amidine groups is 1. The molecule has 1 fully saturated rings. The summed E-state index contributed by atoms with van der Waals surface area (Å²) in [4.78, 5) is 2.20. The molecule has 0 saturated heterocycles. The Bertz CT molecular complexity index is 165. The summed E-state index contributed by atoms with van der Waals surface area (Å²) >= 11 is 0. The van der Waals surface area contributed by atoms with Gasteiger partial charge in [-0.25, -0.2) is 0 Å². The number of nitrogens with one attached hydrogen (secondary N) is 1. The molecule has 1 N–H and O–H groups in total. The van der Waals surface area contributed by atoms with E-state index >= 15 is 0 Å². The Morgan fingerprint density at radius 1 is 1.07 bits per heavy atom. The van der Waals surface area contributed by atoms with Gasteiger partial charge in [0, 0.05) is 19.0 Å². The zero-order valence-electron chi connectivity index (χ0n) is 9.68. The van der Waals surface area contributed by atoms with Crippen molar-refractivity contribution in [3.63, 3.8) is 0 Å². The van der Waals surface area contributed by atoms with Crippen molar-refractivity contribution in [2.45, 2.75) is 52.4 Å². The average molecular weight is 196 g/mol. The molecule has 0 bridgehead atoms. The fourth-order valence-electron chi connectivity index (χ4n) is 2.38. The molecular formula is C12H24N2. The summed E-state index contributed by atoms with van der Waals surface area (Å²) in [7, 11) is 0. The Hall–Kier alpha value is -0.530. The molecule has 0 aromatic heterocycles. The van der Waals surface area contributed by atoms with Crippen LogP contribution in [-0.2, 0) is 0 Å². The first-order chi connectivity index (χ1) is 6.79. The van der Waals surface area contributed by atoms with E-state index in [1.807, 2.05) is 0 Å². The van der Waals surface area contributed by atoms with Crippen molar-refractivity contribution >= 4 is 5.84 Å². The van der Waals surface area contributed by atoms with E-state index in [1.54, 1.807) is 0 Å². The van der Waals surface area contributed by atoms with Crippen molar-refractivity contribution in [3.05, 3.63) is 0 Å². The van der Waals surface area contributed by atoms with Gasteiger partial charge >= 0.3 is 0 Å². The van der Waals surface area contributed by atoms with Crippen LogP contribution in [0, 0.1) is 11.3 Å². The van der Waals surface area contributed by atoms with Crippen LogP contribution in [0.3, 0.4) is 0 Å². The van der Waals surface area contributed by atoms with Gasteiger partial charge in [-0.3, -0.25) is 5.41 Å². The summed E-state index contributed by atoms with van der Waals surface area (Å²) in [5.74, 6) is 1.45. The molecular weight excluding hydrogens is 172 g/mol. The lowest BCUT2D eigenvalue weighted by atomic mass is 9.98. The quantitative estimate of drug-likeness (QED) is 0.418. The Morgan fingerprint density at radius 3 is 2.00 bits per heavy atom. The Kier molecular flexibility index (Phi) is 4.99. The smallest absolute Gasteiger partial charge is 0.0989 e. The molecule has 1 saturated carbocycles. The first-order valence-corrected chi connectivity index (χ1v) is 6.13. The van der Waals surface area contributed by atoms with Gasteiger partial charge in [0.25, 0.3) is 0 Å². The minimum atomic E-state index is 0.553. The third-order valence-corrected chi connectivity index (χ3v) is 3.35. The van der Waals surface area contributed by atoms with Gasteiger partial charge in [-0.15, -0.1) is 0 Å². The maximum atomic E-state index is 8.16. The molecule has 1 aliphatic rings. The van der Waals surface area contributed by atoms with Crippen molar-refractivity contribution in [2.24, 2.45) is 5.92 Å². The van der Waals surface area contributed by atoms with Crippen molar-refractivity contribution < 1.29 is 0 Å². The number of hydrogen-bond donors (Lipinski definition) is 1. The van der Waals surface area contributed by atoms with E-state index in [4.69, 9.17) is 5.41 Å². The van der Waals surface area contributed by atoms with E-state index in [-0.39, 0.29) is 0 Å². The Balaban J connectivity index is 2.48. The topological polar surface area (TPSA) is 27.1 Å². The summed E-state index contributed by atoms with van der Waals surface area (Å²) in [6, 6.07) is 0. The SMILES string of the molecule is CCN(CC)C(=N)C1CCCCCC1. The second-order valence-electron chi connectivity index (χ2n) is 4.25. The second-order valence-corrected chi connectivity index (χ2v) is 4.25. The number of hydrogen-bond acceptors (Lipinski definition) is 1. The summed E-state index contributed by atoms with van der Waals surface area (Å²) < 4.78 is 0. The highest BCUT2D eigenvalue weighted by atomic mass is 15.2. The highest BCUT2D eigenvalue weighted by Gasteiger charge is 2.19. The fourth-order valence-corrected chi connectivity index (χ4v) is 2.38. The molecule has 0 unspecified atom stereocenters. The van der Waals surface area contributed by atoms with Gasteiger partial charge in [-0.2, -0.15) is 0 Å². The standard InChI is InChI=1S/C12H24N2/c1-3-14(4-2)12(13)11-9-7-5-6-8-10-11/h11,13H,3-10H2,1-2H3. The molecule has 0 aliphatic heterocycles. The van der Waals surface area contributed by atoms with E-state index in [0.717, 1.165) is 18.9 Å².